The number of hydrogen-bond donors (Lipinski definition) is 0. The van der Waals surface area contributed by atoms with Crippen LogP contribution in [-0.2, 0) is 31.9 Å². The van der Waals surface area contributed by atoms with E-state index in [0.29, 0.717) is 0 Å². The van der Waals surface area contributed by atoms with E-state index >= 15 is 0 Å². The van der Waals surface area contributed by atoms with E-state index in [0.717, 1.165) is 89.7 Å². The van der Waals surface area contributed by atoms with Crippen LogP contribution in [0.3, 0.4) is 0 Å². The number of benzene rings is 1. The average molecular weight is 1140 g/mol. The van der Waals surface area contributed by atoms with Gasteiger partial charge in [0.05, 0.1) is 0 Å². The molecule has 1 rings (SSSR count). The van der Waals surface area contributed by atoms with E-state index in [1.165, 1.54) is 218 Å². The Kier molecular flexibility index (Phi) is 42.3. The zero-order valence-corrected chi connectivity index (χ0v) is 47.2. The molecule has 0 N–H and O–H groups in total. The van der Waals surface area contributed by atoms with Gasteiger partial charge in [-0.2, -0.15) is 0 Å². The van der Waals surface area contributed by atoms with Gasteiger partial charge in [0, 0.05) is 0 Å². The fourth-order valence-corrected chi connectivity index (χ4v) is 20.9. The van der Waals surface area contributed by atoms with E-state index in [4.69, 9.17) is 0 Å². The third kappa shape index (κ3) is 28.0. The van der Waals surface area contributed by atoms with Gasteiger partial charge in [-0.1, -0.05) is 0 Å². The molecule has 0 heterocycles. The van der Waals surface area contributed by atoms with Gasteiger partial charge >= 0.3 is 383 Å². The van der Waals surface area contributed by atoms with E-state index in [-0.39, 0.29) is 0 Å². The van der Waals surface area contributed by atoms with Crippen molar-refractivity contribution >= 4 is 89.7 Å². The molecule has 0 bridgehead atoms. The second-order valence-corrected chi connectivity index (χ2v) is 29.5. The maximum atomic E-state index is 2.38. The molecule has 0 radical (unpaired) electrons. The molecule has 318 valence electrons. The number of rotatable bonds is 42. The zero-order chi connectivity index (χ0) is 39.2. The summed E-state index contributed by atoms with van der Waals surface area (Å²) in [5, 5.41) is 17.9. The molecule has 0 spiro atoms. The fourth-order valence-electron chi connectivity index (χ4n) is 6.97. The SMILES string of the molecule is CCCCCC[Se]Cc1c(C[Se]CCCCCC)c(C[Se]CCCCCC)c(C[Se]CCCCCC)c(C[Se]CCCCCC)c1C[Se]CCCCCC. The fraction of sp³-hybridized carbons (Fsp3) is 0.875. The van der Waals surface area contributed by atoms with Gasteiger partial charge in [0.15, 0.2) is 0 Å². The first-order valence-electron chi connectivity index (χ1n) is 23.3. The summed E-state index contributed by atoms with van der Waals surface area (Å²) >= 11 is 4.64. The molecular formula is C48H90Se6. The second kappa shape index (κ2) is 42.0. The van der Waals surface area contributed by atoms with Crippen LogP contribution in [0.2, 0.25) is 31.9 Å². The Bertz CT molecular complexity index is 736. The van der Waals surface area contributed by atoms with Crippen molar-refractivity contribution in [1.29, 1.82) is 0 Å². The van der Waals surface area contributed by atoms with Crippen LogP contribution in [0, 0.1) is 0 Å². The van der Waals surface area contributed by atoms with Crippen LogP contribution in [0.5, 0.6) is 0 Å². The van der Waals surface area contributed by atoms with Crippen LogP contribution in [-0.4, -0.2) is 89.7 Å². The third-order valence-electron chi connectivity index (χ3n) is 10.5. The van der Waals surface area contributed by atoms with E-state index in [1.54, 1.807) is 0 Å². The van der Waals surface area contributed by atoms with Crippen molar-refractivity contribution in [2.75, 3.05) is 0 Å². The quantitative estimate of drug-likeness (QED) is 0.0452. The van der Waals surface area contributed by atoms with E-state index in [1.807, 2.05) is 33.4 Å². The van der Waals surface area contributed by atoms with E-state index in [2.05, 4.69) is 41.5 Å². The predicted octanol–water partition coefficient (Wildman–Crippen LogP) is 14.9. The van der Waals surface area contributed by atoms with Crippen molar-refractivity contribution in [3.8, 4) is 0 Å². The first kappa shape index (κ1) is 54.4. The molecule has 0 amide bonds. The molecular weight excluding hydrogens is 1050 g/mol. The number of unbranched alkanes of at least 4 members (excludes halogenated alkanes) is 18. The predicted molar refractivity (Wildman–Crippen MR) is 257 cm³/mol. The first-order valence-corrected chi connectivity index (χ1v) is 37.9. The Balaban J connectivity index is 3.73. The Morgan fingerprint density at radius 2 is 0.352 bits per heavy atom. The average Bonchev–Trinajstić information content (AvgIpc) is 3.18. The van der Waals surface area contributed by atoms with Gasteiger partial charge in [0.1, 0.15) is 0 Å². The second-order valence-electron chi connectivity index (χ2n) is 15.6. The number of hydrogen-bond acceptors (Lipinski definition) is 0. The molecule has 0 unspecified atom stereocenters. The molecule has 0 atom stereocenters. The van der Waals surface area contributed by atoms with Crippen LogP contribution in [0.1, 0.15) is 229 Å². The monoisotopic (exact) mass is 1150 g/mol. The van der Waals surface area contributed by atoms with Crippen molar-refractivity contribution in [3.05, 3.63) is 33.4 Å². The zero-order valence-electron chi connectivity index (χ0n) is 36.9. The topological polar surface area (TPSA) is 0 Å². The molecule has 0 fully saturated rings. The van der Waals surface area contributed by atoms with E-state index < -0.39 is 0 Å². The summed E-state index contributed by atoms with van der Waals surface area (Å²) < 4.78 is 0. The molecule has 0 aliphatic carbocycles. The van der Waals surface area contributed by atoms with Gasteiger partial charge in [-0.3, -0.25) is 0 Å². The Labute approximate surface area is 378 Å². The van der Waals surface area contributed by atoms with Crippen molar-refractivity contribution in [1.82, 2.24) is 0 Å². The Hall–Kier alpha value is 2.34. The summed E-state index contributed by atoms with van der Waals surface area (Å²) in [6.07, 6.45) is 34.6. The summed E-state index contributed by atoms with van der Waals surface area (Å²) in [6, 6.07) is 0. The molecule has 1 aromatic carbocycles. The van der Waals surface area contributed by atoms with Crippen LogP contribution in [0.15, 0.2) is 0 Å². The molecule has 1 aromatic rings. The summed E-state index contributed by atoms with van der Waals surface area (Å²) in [5.41, 5.74) is 12.0. The van der Waals surface area contributed by atoms with Crippen LogP contribution in [0.25, 0.3) is 0 Å². The summed E-state index contributed by atoms with van der Waals surface area (Å²) in [5.74, 6) is 0. The molecule has 0 saturated carbocycles. The summed E-state index contributed by atoms with van der Waals surface area (Å²) in [4.78, 5) is 0. The van der Waals surface area contributed by atoms with Gasteiger partial charge in [-0.05, 0) is 0 Å². The molecule has 6 heteroatoms. The van der Waals surface area contributed by atoms with Crippen LogP contribution in [0.4, 0.5) is 0 Å². The Morgan fingerprint density at radius 3 is 0.481 bits per heavy atom. The Morgan fingerprint density at radius 1 is 0.204 bits per heavy atom. The van der Waals surface area contributed by atoms with Gasteiger partial charge in [-0.15, -0.1) is 0 Å². The normalized spacial score (nSPS) is 11.7. The minimum absolute atomic E-state index is 0.773. The minimum atomic E-state index is 0.773. The van der Waals surface area contributed by atoms with E-state index in [9.17, 15) is 0 Å². The van der Waals surface area contributed by atoms with Crippen molar-refractivity contribution < 1.29 is 0 Å². The molecule has 0 nitrogen and oxygen atoms in total. The standard InChI is InChI=1S/C48H90Se6/c1-7-13-19-25-31-49-37-43-44(38-50-32-26-20-14-8-2)46(40-52-34-28-22-16-10-4)48(42-54-36-30-24-18-12-6)47(41-53-35-29-23-17-11-5)45(43)39-51-33-27-21-15-9-3/h7-42H2,1-6H3. The van der Waals surface area contributed by atoms with Gasteiger partial charge < -0.3 is 0 Å². The molecule has 0 aromatic heterocycles. The summed E-state index contributed by atoms with van der Waals surface area (Å²) in [7, 11) is 0. The molecule has 54 heavy (non-hydrogen) atoms. The van der Waals surface area contributed by atoms with Crippen LogP contribution >= 0.6 is 0 Å². The van der Waals surface area contributed by atoms with Crippen molar-refractivity contribution in [3.63, 3.8) is 0 Å². The van der Waals surface area contributed by atoms with Crippen molar-refractivity contribution in [2.45, 2.75) is 259 Å². The molecule has 0 aliphatic heterocycles. The van der Waals surface area contributed by atoms with Gasteiger partial charge in [-0.25, -0.2) is 0 Å². The van der Waals surface area contributed by atoms with Gasteiger partial charge in [0.2, 0.25) is 0 Å². The first-order chi connectivity index (χ1) is 26.7. The maximum absolute atomic E-state index is 2.38. The molecule has 0 saturated heterocycles. The van der Waals surface area contributed by atoms with Gasteiger partial charge in [0.25, 0.3) is 0 Å². The third-order valence-corrected chi connectivity index (χ3v) is 24.0. The summed E-state index contributed by atoms with van der Waals surface area (Å²) in [6.45, 7) is 14.3. The van der Waals surface area contributed by atoms with Crippen LogP contribution < -0.4 is 0 Å². The molecule has 0 aliphatic rings. The van der Waals surface area contributed by atoms with Crippen molar-refractivity contribution in [2.24, 2.45) is 0 Å².